The van der Waals surface area contributed by atoms with E-state index in [-0.39, 0.29) is 32.7 Å². The molecular weight excluding hydrogens is 571 g/mol. The highest BCUT2D eigenvalue weighted by Gasteiger charge is 2.29. The zero-order valence-corrected chi connectivity index (χ0v) is 23.5. The molecule has 0 aromatic heterocycles. The third-order valence-electron chi connectivity index (χ3n) is 6.45. The molecule has 0 unspecified atom stereocenters. The van der Waals surface area contributed by atoms with Gasteiger partial charge in [-0.2, -0.15) is 0 Å². The van der Waals surface area contributed by atoms with Gasteiger partial charge < -0.3 is 10.1 Å². The van der Waals surface area contributed by atoms with E-state index in [4.69, 9.17) is 27.9 Å². The molecular formula is C30H24Cl2N2O5S. The third kappa shape index (κ3) is 5.84. The van der Waals surface area contributed by atoms with Crippen LogP contribution >= 0.6 is 23.2 Å². The number of anilines is 2. The minimum atomic E-state index is -3.85. The molecule has 1 aliphatic rings. The fourth-order valence-electron chi connectivity index (χ4n) is 4.52. The standard InChI is InChI=1S/C30H24Cl2N2O5S/c31-22-12-14-26(24(17-22)30(36)21-8-2-1-3-9-21)33-29(35)19-39-28-15-13-23(18-25(28)32)40(37,38)34-16-6-10-20-7-4-5-11-27(20)34/h1-5,7-9,11-15,17-18H,6,10,16,19H2,(H,33,35). The first-order valence-corrected chi connectivity index (χ1v) is 14.7. The first-order chi connectivity index (χ1) is 19.2. The van der Waals surface area contributed by atoms with Crippen molar-refractivity contribution in [3.05, 3.63) is 118 Å². The van der Waals surface area contributed by atoms with E-state index in [9.17, 15) is 18.0 Å². The molecule has 1 N–H and O–H groups in total. The van der Waals surface area contributed by atoms with Crippen LogP contribution in [0.3, 0.4) is 0 Å². The van der Waals surface area contributed by atoms with Gasteiger partial charge in [-0.1, -0.05) is 71.7 Å². The van der Waals surface area contributed by atoms with Crippen LogP contribution in [0.25, 0.3) is 0 Å². The maximum absolute atomic E-state index is 13.4. The molecule has 5 rings (SSSR count). The van der Waals surface area contributed by atoms with E-state index in [0.717, 1.165) is 12.0 Å². The number of nitrogens with one attached hydrogen (secondary N) is 1. The largest absolute Gasteiger partial charge is 0.482 e. The number of halogens is 2. The van der Waals surface area contributed by atoms with Crippen molar-refractivity contribution in [3.63, 3.8) is 0 Å². The molecule has 204 valence electrons. The molecule has 0 saturated heterocycles. The molecule has 0 radical (unpaired) electrons. The van der Waals surface area contributed by atoms with Crippen molar-refractivity contribution in [1.82, 2.24) is 0 Å². The third-order valence-corrected chi connectivity index (χ3v) is 8.79. The number of carbonyl (C=O) groups excluding carboxylic acids is 2. The number of aryl methyl sites for hydroxylation is 1. The van der Waals surface area contributed by atoms with Gasteiger partial charge in [0.15, 0.2) is 12.4 Å². The first kappa shape index (κ1) is 27.7. The summed E-state index contributed by atoms with van der Waals surface area (Å²) >= 11 is 12.5. The van der Waals surface area contributed by atoms with Crippen LogP contribution in [0.2, 0.25) is 10.0 Å². The van der Waals surface area contributed by atoms with Gasteiger partial charge in [-0.3, -0.25) is 13.9 Å². The second kappa shape index (κ2) is 11.7. The summed E-state index contributed by atoms with van der Waals surface area (Å²) in [6.45, 7) is -0.0538. The Labute approximate surface area is 242 Å². The number of nitrogens with zero attached hydrogens (tertiary/aromatic N) is 1. The average molecular weight is 596 g/mol. The zero-order chi connectivity index (χ0) is 28.3. The van der Waals surface area contributed by atoms with Crippen LogP contribution < -0.4 is 14.4 Å². The molecule has 0 aliphatic carbocycles. The number of ether oxygens (including phenoxy) is 1. The number of amides is 1. The normalized spacial score (nSPS) is 12.9. The predicted molar refractivity (Wildman–Crippen MR) is 156 cm³/mol. The van der Waals surface area contributed by atoms with Crippen LogP contribution in [-0.4, -0.2) is 33.3 Å². The summed E-state index contributed by atoms with van der Waals surface area (Å²) in [6, 6.07) is 24.8. The van der Waals surface area contributed by atoms with E-state index in [1.807, 2.05) is 18.2 Å². The molecule has 10 heteroatoms. The number of carbonyl (C=O) groups is 2. The van der Waals surface area contributed by atoms with E-state index >= 15 is 0 Å². The summed E-state index contributed by atoms with van der Waals surface area (Å²) in [5.41, 5.74) is 2.60. The number of hydrogen-bond donors (Lipinski definition) is 1. The maximum Gasteiger partial charge on any atom is 0.264 e. The van der Waals surface area contributed by atoms with Crippen molar-refractivity contribution < 1.29 is 22.7 Å². The van der Waals surface area contributed by atoms with Crippen LogP contribution in [0, 0.1) is 0 Å². The lowest BCUT2D eigenvalue weighted by molar-refractivity contribution is -0.118. The van der Waals surface area contributed by atoms with Crippen molar-refractivity contribution in [3.8, 4) is 5.75 Å². The summed E-state index contributed by atoms with van der Waals surface area (Å²) < 4.78 is 33.8. The smallest absolute Gasteiger partial charge is 0.264 e. The highest BCUT2D eigenvalue weighted by atomic mass is 35.5. The van der Waals surface area contributed by atoms with Gasteiger partial charge >= 0.3 is 0 Å². The lowest BCUT2D eigenvalue weighted by Crippen LogP contribution is -2.35. The van der Waals surface area contributed by atoms with Gasteiger partial charge in [0.05, 0.1) is 21.3 Å². The molecule has 0 fully saturated rings. The minimum absolute atomic E-state index is 0.0243. The SMILES string of the molecule is O=C(COc1ccc(S(=O)(=O)N2CCCc3ccccc32)cc1Cl)Nc1ccc(Cl)cc1C(=O)c1ccccc1. The van der Waals surface area contributed by atoms with Gasteiger partial charge in [-0.05, 0) is 60.9 Å². The quantitative estimate of drug-likeness (QED) is 0.239. The molecule has 4 aromatic rings. The summed E-state index contributed by atoms with van der Waals surface area (Å²) in [6.07, 6.45) is 1.53. The first-order valence-electron chi connectivity index (χ1n) is 12.5. The topological polar surface area (TPSA) is 92.8 Å². The second-order valence-electron chi connectivity index (χ2n) is 9.12. The van der Waals surface area contributed by atoms with E-state index in [1.165, 1.54) is 28.6 Å². The summed E-state index contributed by atoms with van der Waals surface area (Å²) in [7, 11) is -3.85. The summed E-state index contributed by atoms with van der Waals surface area (Å²) in [5.74, 6) is -0.691. The Hall–Kier alpha value is -3.85. The van der Waals surface area contributed by atoms with Crippen molar-refractivity contribution in [2.24, 2.45) is 0 Å². The molecule has 0 atom stereocenters. The van der Waals surface area contributed by atoms with Crippen LogP contribution in [0.5, 0.6) is 5.75 Å². The number of ketones is 1. The Bertz CT molecular complexity index is 1690. The van der Waals surface area contributed by atoms with E-state index in [2.05, 4.69) is 5.32 Å². The Morgan fingerprint density at radius 3 is 2.42 bits per heavy atom. The van der Waals surface area contributed by atoms with E-state index < -0.39 is 22.5 Å². The number of rotatable bonds is 8. The van der Waals surface area contributed by atoms with Crippen molar-refractivity contribution in [1.29, 1.82) is 0 Å². The predicted octanol–water partition coefficient (Wildman–Crippen LogP) is 6.38. The highest BCUT2D eigenvalue weighted by molar-refractivity contribution is 7.92. The van der Waals surface area contributed by atoms with E-state index in [0.29, 0.717) is 29.2 Å². The number of para-hydroxylation sites is 1. The number of sulfonamides is 1. The molecule has 0 saturated carbocycles. The lowest BCUT2D eigenvalue weighted by Gasteiger charge is -2.30. The van der Waals surface area contributed by atoms with Crippen LogP contribution in [-0.2, 0) is 21.2 Å². The monoisotopic (exact) mass is 594 g/mol. The summed E-state index contributed by atoms with van der Waals surface area (Å²) in [4.78, 5) is 25.8. The van der Waals surface area contributed by atoms with Crippen LogP contribution in [0.15, 0.2) is 95.9 Å². The molecule has 40 heavy (non-hydrogen) atoms. The van der Waals surface area contributed by atoms with Crippen LogP contribution in [0.1, 0.15) is 27.9 Å². The Kier molecular flexibility index (Phi) is 8.12. The Morgan fingerprint density at radius 1 is 0.900 bits per heavy atom. The summed E-state index contributed by atoms with van der Waals surface area (Å²) in [5, 5.41) is 3.07. The van der Waals surface area contributed by atoms with Gasteiger partial charge in [0.2, 0.25) is 0 Å². The lowest BCUT2D eigenvalue weighted by atomic mass is 10.0. The Balaban J connectivity index is 1.28. The number of hydrogen-bond acceptors (Lipinski definition) is 5. The molecule has 0 bridgehead atoms. The molecule has 0 spiro atoms. The van der Waals surface area contributed by atoms with Crippen molar-refractivity contribution in [2.75, 3.05) is 22.8 Å². The average Bonchev–Trinajstić information content (AvgIpc) is 2.97. The minimum Gasteiger partial charge on any atom is -0.482 e. The van der Waals surface area contributed by atoms with Crippen molar-refractivity contribution >= 4 is 56.3 Å². The Morgan fingerprint density at radius 2 is 1.65 bits per heavy atom. The van der Waals surface area contributed by atoms with Gasteiger partial charge in [-0.15, -0.1) is 0 Å². The van der Waals surface area contributed by atoms with Crippen molar-refractivity contribution in [2.45, 2.75) is 17.7 Å². The van der Waals surface area contributed by atoms with Gasteiger partial charge in [0, 0.05) is 22.7 Å². The number of benzene rings is 4. The number of fused-ring (bicyclic) bond motifs is 1. The molecule has 1 amide bonds. The fourth-order valence-corrected chi connectivity index (χ4v) is 6.56. The fraction of sp³-hybridized carbons (Fsp3) is 0.133. The van der Waals surface area contributed by atoms with E-state index in [1.54, 1.807) is 48.5 Å². The molecule has 1 heterocycles. The molecule has 7 nitrogen and oxygen atoms in total. The molecule has 4 aromatic carbocycles. The van der Waals surface area contributed by atoms with Gasteiger partial charge in [0.1, 0.15) is 5.75 Å². The second-order valence-corrected chi connectivity index (χ2v) is 11.8. The maximum atomic E-state index is 13.4. The zero-order valence-electron chi connectivity index (χ0n) is 21.1. The van der Waals surface area contributed by atoms with Gasteiger partial charge in [0.25, 0.3) is 15.9 Å². The molecule has 1 aliphatic heterocycles. The van der Waals surface area contributed by atoms with Gasteiger partial charge in [-0.25, -0.2) is 8.42 Å². The highest BCUT2D eigenvalue weighted by Crippen LogP contribution is 2.34. The van der Waals surface area contributed by atoms with Crippen LogP contribution in [0.4, 0.5) is 11.4 Å².